The number of benzene rings is 1. The number of aromatic nitrogens is 3. The third-order valence-corrected chi connectivity index (χ3v) is 5.34. The summed E-state index contributed by atoms with van der Waals surface area (Å²) in [5.74, 6) is 0.954. The molecule has 1 N–H and O–H groups in total. The van der Waals surface area contributed by atoms with E-state index in [1.807, 2.05) is 31.2 Å². The number of H-pyrrole nitrogens is 1. The second kappa shape index (κ2) is 9.38. The molecule has 138 valence electrons. The molecule has 3 aromatic rings. The number of rotatable bonds is 6. The van der Waals surface area contributed by atoms with E-state index in [1.165, 1.54) is 0 Å². The molecule has 7 nitrogen and oxygen atoms in total. The predicted octanol–water partition coefficient (Wildman–Crippen LogP) is 1.68. The third-order valence-electron chi connectivity index (χ3n) is 4.18. The summed E-state index contributed by atoms with van der Waals surface area (Å²) in [6, 6.07) is 9.40. The van der Waals surface area contributed by atoms with E-state index >= 15 is 0 Å². The van der Waals surface area contributed by atoms with Crippen LogP contribution in [0.15, 0.2) is 41.7 Å². The second-order valence-electron chi connectivity index (χ2n) is 5.91. The zero-order chi connectivity index (χ0) is 17.9. The van der Waals surface area contributed by atoms with Crippen LogP contribution in [0.5, 0.6) is 5.75 Å². The molecule has 1 aromatic carbocycles. The van der Waals surface area contributed by atoms with Gasteiger partial charge >= 0.3 is 34.7 Å². The molecule has 0 aliphatic carbocycles. The average molecular weight is 397 g/mol. The van der Waals surface area contributed by atoms with Crippen molar-refractivity contribution in [3.8, 4) is 5.75 Å². The van der Waals surface area contributed by atoms with E-state index in [1.54, 1.807) is 12.3 Å². The van der Waals surface area contributed by atoms with Crippen LogP contribution in [0.2, 0.25) is 0 Å². The van der Waals surface area contributed by atoms with E-state index in [4.69, 9.17) is 14.2 Å². The van der Waals surface area contributed by atoms with Crippen molar-refractivity contribution >= 4 is 51.8 Å². The molecule has 3 heterocycles. The van der Waals surface area contributed by atoms with Gasteiger partial charge in [-0.3, -0.25) is 9.97 Å². The van der Waals surface area contributed by atoms with Crippen molar-refractivity contribution in [2.45, 2.75) is 24.1 Å². The first kappa shape index (κ1) is 20.6. The SMILES string of the molecule is Cc1c(OCC2OCCO2)ccnc1C[S+]([O-])c1nc2ccccc2[nH]1.[NaH]. The Labute approximate surface area is 182 Å². The molecular formula is C18H20N3NaO4S. The Morgan fingerprint density at radius 1 is 1.26 bits per heavy atom. The van der Waals surface area contributed by atoms with Gasteiger partial charge in [0.2, 0.25) is 0 Å². The van der Waals surface area contributed by atoms with Gasteiger partial charge in [0.15, 0.2) is 12.0 Å². The van der Waals surface area contributed by atoms with E-state index < -0.39 is 11.2 Å². The Balaban J connectivity index is 0.00000210. The van der Waals surface area contributed by atoms with Crippen LogP contribution < -0.4 is 4.74 Å². The number of pyridine rings is 1. The fraction of sp³-hybridized carbons (Fsp3) is 0.333. The zero-order valence-corrected chi connectivity index (χ0v) is 15.1. The van der Waals surface area contributed by atoms with Crippen LogP contribution in [0.3, 0.4) is 0 Å². The molecule has 0 radical (unpaired) electrons. The van der Waals surface area contributed by atoms with E-state index in [0.717, 1.165) is 22.3 Å². The van der Waals surface area contributed by atoms with Gasteiger partial charge in [0.1, 0.15) is 12.4 Å². The summed E-state index contributed by atoms with van der Waals surface area (Å²) in [5.41, 5.74) is 3.24. The number of para-hydroxylation sites is 2. The van der Waals surface area contributed by atoms with E-state index in [0.29, 0.717) is 30.7 Å². The molecule has 1 unspecified atom stereocenters. The van der Waals surface area contributed by atoms with Gasteiger partial charge in [0, 0.05) is 22.9 Å². The minimum absolute atomic E-state index is 0. The number of nitrogens with one attached hydrogen (secondary N) is 1. The summed E-state index contributed by atoms with van der Waals surface area (Å²) in [7, 11) is 0. The Morgan fingerprint density at radius 3 is 2.81 bits per heavy atom. The van der Waals surface area contributed by atoms with Crippen LogP contribution in [-0.2, 0) is 26.4 Å². The Morgan fingerprint density at radius 2 is 2.04 bits per heavy atom. The molecule has 1 saturated heterocycles. The van der Waals surface area contributed by atoms with Gasteiger partial charge in [-0.05, 0) is 25.1 Å². The number of fused-ring (bicyclic) bond motifs is 1. The van der Waals surface area contributed by atoms with Crippen LogP contribution in [0.25, 0.3) is 11.0 Å². The Kier molecular flexibility index (Phi) is 7.16. The van der Waals surface area contributed by atoms with E-state index in [2.05, 4.69) is 15.0 Å². The second-order valence-corrected chi connectivity index (χ2v) is 7.28. The fourth-order valence-corrected chi connectivity index (χ4v) is 3.85. The van der Waals surface area contributed by atoms with Crippen LogP contribution in [0, 0.1) is 6.92 Å². The monoisotopic (exact) mass is 397 g/mol. The summed E-state index contributed by atoms with van der Waals surface area (Å²) in [6.07, 6.45) is 1.32. The summed E-state index contributed by atoms with van der Waals surface area (Å²) in [4.78, 5) is 11.9. The summed E-state index contributed by atoms with van der Waals surface area (Å²) in [5, 5.41) is 0.450. The average Bonchev–Trinajstić information content (AvgIpc) is 3.31. The molecule has 0 bridgehead atoms. The summed E-state index contributed by atoms with van der Waals surface area (Å²) < 4.78 is 29.2. The number of ether oxygens (including phenoxy) is 3. The van der Waals surface area contributed by atoms with Gasteiger partial charge in [0.25, 0.3) is 0 Å². The van der Waals surface area contributed by atoms with Crippen LogP contribution in [0.1, 0.15) is 11.3 Å². The van der Waals surface area contributed by atoms with E-state index in [-0.39, 0.29) is 41.6 Å². The molecule has 9 heteroatoms. The molecule has 1 fully saturated rings. The van der Waals surface area contributed by atoms with Gasteiger partial charge in [-0.25, -0.2) is 0 Å². The molecule has 0 saturated carbocycles. The molecule has 27 heavy (non-hydrogen) atoms. The van der Waals surface area contributed by atoms with Crippen LogP contribution in [0.4, 0.5) is 0 Å². The van der Waals surface area contributed by atoms with Crippen molar-refractivity contribution in [3.63, 3.8) is 0 Å². The first-order valence-electron chi connectivity index (χ1n) is 8.34. The molecule has 0 amide bonds. The third kappa shape index (κ3) is 4.83. The number of imidazole rings is 1. The molecule has 1 aliphatic rings. The van der Waals surface area contributed by atoms with Crippen molar-refractivity contribution in [3.05, 3.63) is 47.8 Å². The maximum absolute atomic E-state index is 12.7. The molecule has 1 atom stereocenters. The summed E-state index contributed by atoms with van der Waals surface area (Å²) >= 11 is -1.33. The van der Waals surface area contributed by atoms with E-state index in [9.17, 15) is 4.55 Å². The van der Waals surface area contributed by atoms with Gasteiger partial charge in [-0.15, -0.1) is 0 Å². The molecular weight excluding hydrogens is 377 g/mol. The maximum atomic E-state index is 12.7. The first-order chi connectivity index (χ1) is 12.7. The first-order valence-corrected chi connectivity index (χ1v) is 9.66. The number of aromatic amines is 1. The fourth-order valence-electron chi connectivity index (χ4n) is 2.75. The van der Waals surface area contributed by atoms with Crippen LogP contribution in [-0.4, -0.2) is 75.2 Å². The van der Waals surface area contributed by atoms with Crippen LogP contribution >= 0.6 is 0 Å². The van der Waals surface area contributed by atoms with Crippen molar-refractivity contribution in [2.75, 3.05) is 19.8 Å². The standard InChI is InChI=1S/C18H19N3O4S.Na.H/c1-12-15(19-7-6-16(12)25-10-17-23-8-9-24-17)11-26(22)18-20-13-4-2-3-5-14(13)21-18;;/h2-7,17H,8-11H2,1H3,(H,20,21);;. The predicted molar refractivity (Wildman–Crippen MR) is 104 cm³/mol. The van der Waals surface area contributed by atoms with Gasteiger partial charge in [0.05, 0.1) is 29.9 Å². The normalized spacial score (nSPS) is 15.6. The van der Waals surface area contributed by atoms with Crippen molar-refractivity contribution in [1.29, 1.82) is 0 Å². The Hall–Kier alpha value is -1.13. The molecule has 4 rings (SSSR count). The zero-order valence-electron chi connectivity index (χ0n) is 14.3. The van der Waals surface area contributed by atoms with Gasteiger partial charge < -0.3 is 18.8 Å². The Bertz CT molecular complexity index is 868. The number of hydrogen-bond donors (Lipinski definition) is 1. The number of nitrogens with zero attached hydrogens (tertiary/aromatic N) is 2. The molecule has 0 spiro atoms. The summed E-state index contributed by atoms with van der Waals surface area (Å²) in [6.45, 7) is 3.40. The molecule has 2 aromatic heterocycles. The number of hydrogen-bond acceptors (Lipinski definition) is 6. The molecule has 1 aliphatic heterocycles. The van der Waals surface area contributed by atoms with Crippen molar-refractivity contribution in [2.24, 2.45) is 0 Å². The topological polar surface area (TPSA) is 92.3 Å². The van der Waals surface area contributed by atoms with Gasteiger partial charge in [-0.1, -0.05) is 12.1 Å². The minimum atomic E-state index is -1.33. The van der Waals surface area contributed by atoms with Crippen molar-refractivity contribution < 1.29 is 18.8 Å². The quantitative estimate of drug-likeness (QED) is 0.503. The van der Waals surface area contributed by atoms with Crippen molar-refractivity contribution in [1.82, 2.24) is 15.0 Å². The van der Waals surface area contributed by atoms with Gasteiger partial charge in [-0.2, -0.15) is 4.98 Å².